The zero-order valence-corrected chi connectivity index (χ0v) is 12.3. The highest BCUT2D eigenvalue weighted by Crippen LogP contribution is 2.20. The Bertz CT molecular complexity index is 566. The molecule has 1 aromatic heterocycles. The molecule has 1 N–H and O–H groups in total. The summed E-state index contributed by atoms with van der Waals surface area (Å²) in [5, 5.41) is 11.5. The monoisotopic (exact) mass is 287 g/mol. The van der Waals surface area contributed by atoms with Gasteiger partial charge in [-0.2, -0.15) is 0 Å². The van der Waals surface area contributed by atoms with E-state index in [1.165, 1.54) is 11.3 Å². The Labute approximate surface area is 124 Å². The summed E-state index contributed by atoms with van der Waals surface area (Å²) in [5.74, 6) is 1.03. The largest absolute Gasteiger partial charge is 0.383 e. The molecule has 0 bridgehead atoms. The summed E-state index contributed by atoms with van der Waals surface area (Å²) in [6, 6.07) is 8.71. The maximum absolute atomic E-state index is 5.02. The Morgan fingerprint density at radius 2 is 2.10 bits per heavy atom. The van der Waals surface area contributed by atoms with Crippen LogP contribution in [0.15, 0.2) is 30.6 Å². The van der Waals surface area contributed by atoms with Crippen LogP contribution in [-0.4, -0.2) is 41.6 Å². The minimum Gasteiger partial charge on any atom is -0.383 e. The molecule has 2 heterocycles. The first-order chi connectivity index (χ1) is 10.4. The van der Waals surface area contributed by atoms with Crippen LogP contribution >= 0.6 is 0 Å². The number of aromatic nitrogens is 3. The molecule has 1 aromatic carbocycles. The van der Waals surface area contributed by atoms with Crippen molar-refractivity contribution in [2.24, 2.45) is 0 Å². The van der Waals surface area contributed by atoms with Crippen LogP contribution in [0, 0.1) is 0 Å². The molecule has 6 nitrogen and oxygen atoms in total. The molecule has 0 fully saturated rings. The van der Waals surface area contributed by atoms with Gasteiger partial charge in [-0.25, -0.2) is 0 Å². The van der Waals surface area contributed by atoms with Crippen LogP contribution < -0.4 is 10.2 Å². The fraction of sp³-hybridized carbons (Fsp3) is 0.467. The quantitative estimate of drug-likeness (QED) is 0.804. The average Bonchev–Trinajstić information content (AvgIpc) is 3.00. The van der Waals surface area contributed by atoms with Crippen molar-refractivity contribution >= 4 is 5.69 Å². The molecule has 112 valence electrons. The molecule has 2 aromatic rings. The molecule has 3 rings (SSSR count). The van der Waals surface area contributed by atoms with Crippen molar-refractivity contribution < 1.29 is 4.74 Å². The van der Waals surface area contributed by atoms with Gasteiger partial charge >= 0.3 is 0 Å². The first-order valence-corrected chi connectivity index (χ1v) is 7.27. The maximum Gasteiger partial charge on any atom is 0.152 e. The van der Waals surface area contributed by atoms with Gasteiger partial charge in [-0.1, -0.05) is 12.1 Å². The van der Waals surface area contributed by atoms with E-state index in [0.717, 1.165) is 45.2 Å². The van der Waals surface area contributed by atoms with Crippen LogP contribution in [0.3, 0.4) is 0 Å². The number of nitrogens with one attached hydrogen (secondary N) is 1. The van der Waals surface area contributed by atoms with Crippen LogP contribution in [0.5, 0.6) is 0 Å². The van der Waals surface area contributed by atoms with E-state index in [9.17, 15) is 0 Å². The minimum atomic E-state index is 0.743. The second kappa shape index (κ2) is 6.69. The van der Waals surface area contributed by atoms with E-state index in [4.69, 9.17) is 4.74 Å². The molecule has 1 aliphatic rings. The van der Waals surface area contributed by atoms with Gasteiger partial charge in [-0.3, -0.25) is 0 Å². The second-order valence-electron chi connectivity index (χ2n) is 5.20. The van der Waals surface area contributed by atoms with Gasteiger partial charge in [0.15, 0.2) is 5.82 Å². The molecule has 0 saturated carbocycles. The zero-order valence-electron chi connectivity index (χ0n) is 12.3. The zero-order chi connectivity index (χ0) is 14.5. The molecule has 1 aliphatic heterocycles. The van der Waals surface area contributed by atoms with Gasteiger partial charge in [0.25, 0.3) is 0 Å². The van der Waals surface area contributed by atoms with Crippen molar-refractivity contribution in [3.8, 4) is 0 Å². The molecule has 0 atom stereocenters. The topological polar surface area (TPSA) is 55.2 Å². The summed E-state index contributed by atoms with van der Waals surface area (Å²) in [6.45, 7) is 5.26. The van der Waals surface area contributed by atoms with Gasteiger partial charge < -0.3 is 19.5 Å². The summed E-state index contributed by atoms with van der Waals surface area (Å²) < 4.78 is 7.13. The van der Waals surface area contributed by atoms with Gasteiger partial charge in [-0.15, -0.1) is 10.2 Å². The Morgan fingerprint density at radius 3 is 2.90 bits per heavy atom. The van der Waals surface area contributed by atoms with Gasteiger partial charge in [-0.05, 0) is 17.7 Å². The first-order valence-electron chi connectivity index (χ1n) is 7.27. The number of nitrogens with zero attached hydrogens (tertiary/aromatic N) is 4. The second-order valence-corrected chi connectivity index (χ2v) is 5.20. The third kappa shape index (κ3) is 3.40. The van der Waals surface area contributed by atoms with Crippen LogP contribution in [0.25, 0.3) is 0 Å². The standard InChI is InChI=1S/C15H21N5O/c1-21-9-6-16-10-13-2-4-14(5-3-13)19-7-8-20-12-17-18-15(20)11-19/h2-5,12,16H,6-11H2,1H3. The summed E-state index contributed by atoms with van der Waals surface area (Å²) >= 11 is 0. The predicted octanol–water partition coefficient (Wildman–Crippen LogP) is 1.03. The van der Waals surface area contributed by atoms with Crippen LogP contribution in [0.4, 0.5) is 5.69 Å². The van der Waals surface area contributed by atoms with Gasteiger partial charge in [0.05, 0.1) is 13.2 Å². The van der Waals surface area contributed by atoms with Gasteiger partial charge in [0.1, 0.15) is 6.33 Å². The van der Waals surface area contributed by atoms with Crippen LogP contribution in [0.1, 0.15) is 11.4 Å². The molecule has 0 amide bonds. The Morgan fingerprint density at radius 1 is 1.24 bits per heavy atom. The van der Waals surface area contributed by atoms with Crippen molar-refractivity contribution in [2.45, 2.75) is 19.6 Å². The lowest BCUT2D eigenvalue weighted by molar-refractivity contribution is 0.199. The van der Waals surface area contributed by atoms with E-state index >= 15 is 0 Å². The highest BCUT2D eigenvalue weighted by Gasteiger charge is 2.17. The molecule has 21 heavy (non-hydrogen) atoms. The highest BCUT2D eigenvalue weighted by atomic mass is 16.5. The summed E-state index contributed by atoms with van der Waals surface area (Å²) in [4.78, 5) is 2.34. The average molecular weight is 287 g/mol. The smallest absolute Gasteiger partial charge is 0.152 e. The number of hydrogen-bond donors (Lipinski definition) is 1. The number of methoxy groups -OCH3 is 1. The first kappa shape index (κ1) is 14.0. The lowest BCUT2D eigenvalue weighted by atomic mass is 10.2. The van der Waals surface area contributed by atoms with E-state index in [1.54, 1.807) is 7.11 Å². The molecule has 0 aliphatic carbocycles. The minimum absolute atomic E-state index is 0.743. The van der Waals surface area contributed by atoms with Crippen molar-refractivity contribution in [1.82, 2.24) is 20.1 Å². The lowest BCUT2D eigenvalue weighted by Crippen LogP contribution is -2.33. The number of hydrogen-bond acceptors (Lipinski definition) is 5. The van der Waals surface area contributed by atoms with Crippen molar-refractivity contribution in [3.63, 3.8) is 0 Å². The number of anilines is 1. The Balaban J connectivity index is 1.57. The molecule has 0 unspecified atom stereocenters. The highest BCUT2D eigenvalue weighted by molar-refractivity contribution is 5.48. The van der Waals surface area contributed by atoms with Gasteiger partial charge in [0, 0.05) is 39.0 Å². The molecule has 6 heteroatoms. The molecule has 0 saturated heterocycles. The third-order valence-electron chi connectivity index (χ3n) is 3.75. The van der Waals surface area contributed by atoms with Crippen molar-refractivity contribution in [3.05, 3.63) is 42.0 Å². The summed E-state index contributed by atoms with van der Waals surface area (Å²) in [5.41, 5.74) is 2.53. The summed E-state index contributed by atoms with van der Waals surface area (Å²) in [7, 11) is 1.72. The normalized spacial score (nSPS) is 14.2. The number of ether oxygens (including phenoxy) is 1. The van der Waals surface area contributed by atoms with E-state index in [2.05, 4.69) is 49.2 Å². The summed E-state index contributed by atoms with van der Waals surface area (Å²) in [6.07, 6.45) is 1.81. The SMILES string of the molecule is COCCNCc1ccc(N2CCn3cnnc3C2)cc1. The molecule has 0 radical (unpaired) electrons. The molecule has 0 spiro atoms. The number of rotatable bonds is 6. The van der Waals surface area contributed by atoms with E-state index in [-0.39, 0.29) is 0 Å². The van der Waals surface area contributed by atoms with Crippen molar-refractivity contribution in [2.75, 3.05) is 31.7 Å². The molecular weight excluding hydrogens is 266 g/mol. The maximum atomic E-state index is 5.02. The number of benzene rings is 1. The van der Waals surface area contributed by atoms with Crippen molar-refractivity contribution in [1.29, 1.82) is 0 Å². The molecular formula is C15H21N5O. The Hall–Kier alpha value is -1.92. The van der Waals surface area contributed by atoms with Crippen LogP contribution in [-0.2, 0) is 24.4 Å². The van der Waals surface area contributed by atoms with E-state index in [1.807, 2.05) is 6.33 Å². The predicted molar refractivity (Wildman–Crippen MR) is 81.1 cm³/mol. The van der Waals surface area contributed by atoms with Gasteiger partial charge in [0.2, 0.25) is 0 Å². The van der Waals surface area contributed by atoms with E-state index < -0.39 is 0 Å². The van der Waals surface area contributed by atoms with Crippen LogP contribution in [0.2, 0.25) is 0 Å². The lowest BCUT2D eigenvalue weighted by Gasteiger charge is -2.29. The number of fused-ring (bicyclic) bond motifs is 1. The fourth-order valence-electron chi connectivity index (χ4n) is 2.52. The Kier molecular flexibility index (Phi) is 4.47. The van der Waals surface area contributed by atoms with E-state index in [0.29, 0.717) is 0 Å². The third-order valence-corrected chi connectivity index (χ3v) is 3.75. The fourth-order valence-corrected chi connectivity index (χ4v) is 2.52.